The van der Waals surface area contributed by atoms with E-state index in [0.29, 0.717) is 19.0 Å². The number of nitrogens with zero attached hydrogens (tertiary/aromatic N) is 5. The number of morpholine rings is 1. The highest BCUT2D eigenvalue weighted by molar-refractivity contribution is 14.0. The van der Waals surface area contributed by atoms with Crippen molar-refractivity contribution in [2.24, 2.45) is 4.99 Å². The first kappa shape index (κ1) is 26.0. The van der Waals surface area contributed by atoms with Crippen LogP contribution in [0.1, 0.15) is 5.69 Å². The summed E-state index contributed by atoms with van der Waals surface area (Å²) >= 11 is 0. The number of carbonyl (C=O) groups is 1. The van der Waals surface area contributed by atoms with Crippen molar-refractivity contribution in [3.05, 3.63) is 48.0 Å². The van der Waals surface area contributed by atoms with E-state index in [9.17, 15) is 9.18 Å². The molecular weight excluding hydrogens is 528 g/mol. The Bertz CT molecular complexity index is 867. The Morgan fingerprint density at radius 3 is 2.59 bits per heavy atom. The molecule has 1 amide bonds. The van der Waals surface area contributed by atoms with Gasteiger partial charge in [-0.3, -0.25) is 9.69 Å². The van der Waals surface area contributed by atoms with Gasteiger partial charge in [0.1, 0.15) is 5.82 Å². The number of halogens is 2. The number of aromatic nitrogens is 2. The summed E-state index contributed by atoms with van der Waals surface area (Å²) in [5.74, 6) is 0.231. The van der Waals surface area contributed by atoms with Gasteiger partial charge in [-0.1, -0.05) is 0 Å². The Morgan fingerprint density at radius 1 is 1.19 bits per heavy atom. The number of aliphatic imine (C=N–C) groups is 1. The van der Waals surface area contributed by atoms with E-state index in [4.69, 9.17) is 4.74 Å². The molecule has 1 aliphatic rings. The van der Waals surface area contributed by atoms with Gasteiger partial charge in [-0.15, -0.1) is 24.0 Å². The maximum absolute atomic E-state index is 13.1. The number of hydrogen-bond donors (Lipinski definition) is 2. The normalized spacial score (nSPS) is 14.5. The van der Waals surface area contributed by atoms with Gasteiger partial charge in [-0.05, 0) is 30.3 Å². The molecule has 0 aliphatic carbocycles. The van der Waals surface area contributed by atoms with E-state index in [1.54, 1.807) is 30.9 Å². The minimum Gasteiger partial charge on any atom is -0.379 e. The van der Waals surface area contributed by atoms with Crippen molar-refractivity contribution in [2.75, 3.05) is 60.0 Å². The first-order valence-electron chi connectivity index (χ1n) is 10.3. The number of carbonyl (C=O) groups excluding carboxylic acids is 1. The van der Waals surface area contributed by atoms with E-state index >= 15 is 0 Å². The molecule has 0 atom stereocenters. The van der Waals surface area contributed by atoms with Gasteiger partial charge in [0.25, 0.3) is 0 Å². The molecule has 1 fully saturated rings. The highest BCUT2D eigenvalue weighted by atomic mass is 127. The Hall–Kier alpha value is -2.25. The lowest BCUT2D eigenvalue weighted by atomic mass is 10.3. The van der Waals surface area contributed by atoms with E-state index in [1.165, 1.54) is 17.0 Å². The zero-order valence-corrected chi connectivity index (χ0v) is 20.8. The van der Waals surface area contributed by atoms with Crippen molar-refractivity contribution in [1.29, 1.82) is 0 Å². The van der Waals surface area contributed by atoms with Gasteiger partial charge in [-0.25, -0.2) is 14.1 Å². The second-order valence-corrected chi connectivity index (χ2v) is 7.42. The van der Waals surface area contributed by atoms with Crippen molar-refractivity contribution in [3.8, 4) is 5.69 Å². The summed E-state index contributed by atoms with van der Waals surface area (Å²) in [6, 6.07) is 8.00. The topological polar surface area (TPSA) is 87.0 Å². The van der Waals surface area contributed by atoms with Gasteiger partial charge in [-0.2, -0.15) is 5.10 Å². The van der Waals surface area contributed by atoms with E-state index in [1.807, 2.05) is 12.3 Å². The highest BCUT2D eigenvalue weighted by Gasteiger charge is 2.11. The summed E-state index contributed by atoms with van der Waals surface area (Å²) in [6.07, 6.45) is 1.81. The fourth-order valence-electron chi connectivity index (χ4n) is 2.99. The van der Waals surface area contributed by atoms with Crippen molar-refractivity contribution < 1.29 is 13.9 Å². The molecule has 0 unspecified atom stereocenters. The smallest absolute Gasteiger partial charge is 0.241 e. The van der Waals surface area contributed by atoms with E-state index in [2.05, 4.69) is 25.6 Å². The lowest BCUT2D eigenvalue weighted by Gasteiger charge is -2.26. The molecule has 9 nitrogen and oxygen atoms in total. The predicted molar refractivity (Wildman–Crippen MR) is 132 cm³/mol. The molecule has 1 aromatic heterocycles. The highest BCUT2D eigenvalue weighted by Crippen LogP contribution is 2.09. The van der Waals surface area contributed by atoms with Crippen LogP contribution in [0.4, 0.5) is 4.39 Å². The molecule has 176 valence electrons. The maximum Gasteiger partial charge on any atom is 0.241 e. The minimum atomic E-state index is -0.285. The van der Waals surface area contributed by atoms with Crippen LogP contribution >= 0.6 is 24.0 Å². The monoisotopic (exact) mass is 559 g/mol. The number of hydrogen-bond acceptors (Lipinski definition) is 5. The second kappa shape index (κ2) is 13.3. The quantitative estimate of drug-likeness (QED) is 0.286. The molecular formula is C21H31FIN7O2. The fraction of sp³-hybridized carbons (Fsp3) is 0.476. The molecule has 0 saturated carbocycles. The molecule has 1 saturated heterocycles. The van der Waals surface area contributed by atoms with Crippen LogP contribution in [0.15, 0.2) is 41.5 Å². The average molecular weight is 559 g/mol. The number of amides is 1. The Balaban J connectivity index is 0.00000363. The zero-order chi connectivity index (χ0) is 22.1. The van der Waals surface area contributed by atoms with Gasteiger partial charge in [0.2, 0.25) is 5.91 Å². The molecule has 11 heteroatoms. The molecule has 32 heavy (non-hydrogen) atoms. The molecule has 2 heterocycles. The van der Waals surface area contributed by atoms with Gasteiger partial charge in [0, 0.05) is 46.5 Å². The van der Waals surface area contributed by atoms with Gasteiger partial charge in [0.15, 0.2) is 5.96 Å². The standard InChI is InChI=1S/C21H30FN7O2.HI/c1-27(2)20(30)16-25-21(23-8-10-28-11-13-31-14-12-28)24-15-18-7-9-29(26-18)19-5-3-17(22)4-6-19;/h3-7,9H,8,10-16H2,1-2H3,(H2,23,24,25);1H. The number of likely N-dealkylation sites (N-methyl/N-ethyl adjacent to an activating group) is 1. The minimum absolute atomic E-state index is 0. The third-order valence-corrected chi connectivity index (χ3v) is 4.86. The molecule has 2 aromatic rings. The lowest BCUT2D eigenvalue weighted by molar-refractivity contribution is -0.127. The zero-order valence-electron chi connectivity index (χ0n) is 18.5. The second-order valence-electron chi connectivity index (χ2n) is 7.42. The molecule has 0 radical (unpaired) electrons. The first-order valence-corrected chi connectivity index (χ1v) is 10.3. The maximum atomic E-state index is 13.1. The van der Waals surface area contributed by atoms with Crippen molar-refractivity contribution in [1.82, 2.24) is 30.2 Å². The van der Waals surface area contributed by atoms with Crippen LogP contribution < -0.4 is 10.6 Å². The summed E-state index contributed by atoms with van der Waals surface area (Å²) in [6.45, 7) is 5.41. The SMILES string of the molecule is CN(C)C(=O)CNC(=NCc1ccn(-c2ccc(F)cc2)n1)NCCN1CCOCC1.I. The van der Waals surface area contributed by atoms with Crippen LogP contribution in [0.25, 0.3) is 5.69 Å². The van der Waals surface area contributed by atoms with Gasteiger partial charge < -0.3 is 20.3 Å². The third kappa shape index (κ3) is 8.36. The van der Waals surface area contributed by atoms with Crippen LogP contribution in [-0.4, -0.2) is 91.5 Å². The summed E-state index contributed by atoms with van der Waals surface area (Å²) in [7, 11) is 3.43. The fourth-order valence-corrected chi connectivity index (χ4v) is 2.99. The Labute approximate surface area is 205 Å². The molecule has 3 rings (SSSR count). The number of benzene rings is 1. The molecule has 0 spiro atoms. The van der Waals surface area contributed by atoms with Gasteiger partial charge in [0.05, 0.1) is 37.7 Å². The number of guanidine groups is 1. The van der Waals surface area contributed by atoms with Crippen LogP contribution in [0.2, 0.25) is 0 Å². The molecule has 2 N–H and O–H groups in total. The molecule has 1 aliphatic heterocycles. The largest absolute Gasteiger partial charge is 0.379 e. The van der Waals surface area contributed by atoms with Crippen LogP contribution in [0.3, 0.4) is 0 Å². The molecule has 0 bridgehead atoms. The van der Waals surface area contributed by atoms with E-state index < -0.39 is 0 Å². The summed E-state index contributed by atoms with van der Waals surface area (Å²) in [5.41, 5.74) is 1.53. The summed E-state index contributed by atoms with van der Waals surface area (Å²) < 4.78 is 20.2. The van der Waals surface area contributed by atoms with Gasteiger partial charge >= 0.3 is 0 Å². The number of rotatable bonds is 8. The van der Waals surface area contributed by atoms with Crippen LogP contribution in [-0.2, 0) is 16.1 Å². The Morgan fingerprint density at radius 2 is 1.91 bits per heavy atom. The van der Waals surface area contributed by atoms with Crippen molar-refractivity contribution in [3.63, 3.8) is 0 Å². The predicted octanol–water partition coefficient (Wildman–Crippen LogP) is 1.09. The summed E-state index contributed by atoms with van der Waals surface area (Å²) in [5, 5.41) is 10.9. The van der Waals surface area contributed by atoms with E-state index in [0.717, 1.165) is 44.2 Å². The third-order valence-electron chi connectivity index (χ3n) is 4.86. The Kier molecular flexibility index (Phi) is 10.8. The number of nitrogens with one attached hydrogen (secondary N) is 2. The first-order chi connectivity index (χ1) is 15.0. The van der Waals surface area contributed by atoms with Crippen molar-refractivity contribution in [2.45, 2.75) is 6.54 Å². The average Bonchev–Trinajstić information content (AvgIpc) is 3.25. The van der Waals surface area contributed by atoms with Crippen molar-refractivity contribution >= 4 is 35.8 Å². The van der Waals surface area contributed by atoms with Crippen LogP contribution in [0, 0.1) is 5.82 Å². The summed E-state index contributed by atoms with van der Waals surface area (Å²) in [4.78, 5) is 20.4. The lowest BCUT2D eigenvalue weighted by Crippen LogP contribution is -2.46. The molecule has 1 aromatic carbocycles. The van der Waals surface area contributed by atoms with E-state index in [-0.39, 0.29) is 42.2 Å². The number of ether oxygens (including phenoxy) is 1. The van der Waals surface area contributed by atoms with Crippen LogP contribution in [0.5, 0.6) is 0 Å².